The lowest BCUT2D eigenvalue weighted by atomic mass is 10.2. The number of hydrogen-bond acceptors (Lipinski definition) is 4. The van der Waals surface area contributed by atoms with E-state index in [2.05, 4.69) is 17.1 Å². The maximum Gasteiger partial charge on any atom is 0.158 e. The molecule has 0 saturated carbocycles. The SMILES string of the molecule is CCOC(CCN1CCN[C@H](C)C1)OCC. The normalized spacial score (nSPS) is 22.9. The van der Waals surface area contributed by atoms with Gasteiger partial charge in [0, 0.05) is 51.9 Å². The molecule has 0 amide bonds. The van der Waals surface area contributed by atoms with Crippen molar-refractivity contribution in [2.45, 2.75) is 39.5 Å². The van der Waals surface area contributed by atoms with Crippen LogP contribution in [0, 0.1) is 0 Å². The van der Waals surface area contributed by atoms with Gasteiger partial charge in [-0.05, 0) is 20.8 Å². The van der Waals surface area contributed by atoms with Crippen molar-refractivity contribution in [3.05, 3.63) is 0 Å². The average molecular weight is 230 g/mol. The molecule has 1 atom stereocenters. The second kappa shape index (κ2) is 8.01. The van der Waals surface area contributed by atoms with Crippen LogP contribution in [-0.2, 0) is 9.47 Å². The first-order chi connectivity index (χ1) is 7.76. The molecule has 0 radical (unpaired) electrons. The van der Waals surface area contributed by atoms with Crippen molar-refractivity contribution < 1.29 is 9.47 Å². The molecule has 1 fully saturated rings. The molecule has 0 aromatic rings. The van der Waals surface area contributed by atoms with Gasteiger partial charge in [0.2, 0.25) is 0 Å². The zero-order chi connectivity index (χ0) is 11.8. The third kappa shape index (κ3) is 5.25. The summed E-state index contributed by atoms with van der Waals surface area (Å²) in [6, 6.07) is 0.603. The van der Waals surface area contributed by atoms with E-state index < -0.39 is 0 Å². The van der Waals surface area contributed by atoms with Crippen molar-refractivity contribution in [3.8, 4) is 0 Å². The Kier molecular flexibility index (Phi) is 6.96. The number of hydrogen-bond donors (Lipinski definition) is 1. The van der Waals surface area contributed by atoms with E-state index in [9.17, 15) is 0 Å². The van der Waals surface area contributed by atoms with Crippen LogP contribution >= 0.6 is 0 Å². The Morgan fingerprint density at radius 2 is 2.00 bits per heavy atom. The number of rotatable bonds is 7. The van der Waals surface area contributed by atoms with E-state index in [4.69, 9.17) is 9.47 Å². The van der Waals surface area contributed by atoms with E-state index in [1.807, 2.05) is 13.8 Å². The van der Waals surface area contributed by atoms with Crippen LogP contribution in [0.5, 0.6) is 0 Å². The minimum atomic E-state index is -0.0276. The fourth-order valence-electron chi connectivity index (χ4n) is 2.09. The highest BCUT2D eigenvalue weighted by Gasteiger charge is 2.17. The molecule has 1 aliphatic rings. The molecule has 96 valence electrons. The van der Waals surface area contributed by atoms with E-state index in [-0.39, 0.29) is 6.29 Å². The summed E-state index contributed by atoms with van der Waals surface area (Å²) in [7, 11) is 0. The molecular formula is C12H26N2O2. The quantitative estimate of drug-likeness (QED) is 0.663. The average Bonchev–Trinajstić information content (AvgIpc) is 2.27. The number of nitrogens with zero attached hydrogens (tertiary/aromatic N) is 1. The molecule has 16 heavy (non-hydrogen) atoms. The van der Waals surface area contributed by atoms with E-state index in [1.54, 1.807) is 0 Å². The third-order valence-electron chi connectivity index (χ3n) is 2.84. The Labute approximate surface area is 99.3 Å². The molecule has 0 aromatic heterocycles. The Balaban J connectivity index is 2.19. The summed E-state index contributed by atoms with van der Waals surface area (Å²) >= 11 is 0. The minimum Gasteiger partial charge on any atom is -0.353 e. The summed E-state index contributed by atoms with van der Waals surface area (Å²) in [5, 5.41) is 3.45. The second-order valence-corrected chi connectivity index (χ2v) is 4.28. The Morgan fingerprint density at radius 1 is 1.31 bits per heavy atom. The molecule has 0 bridgehead atoms. The summed E-state index contributed by atoms with van der Waals surface area (Å²) in [5.74, 6) is 0. The van der Waals surface area contributed by atoms with Gasteiger partial charge in [-0.2, -0.15) is 0 Å². The van der Waals surface area contributed by atoms with E-state index in [1.165, 1.54) is 0 Å². The van der Waals surface area contributed by atoms with Crippen molar-refractivity contribution >= 4 is 0 Å². The van der Waals surface area contributed by atoms with Crippen molar-refractivity contribution in [1.82, 2.24) is 10.2 Å². The Morgan fingerprint density at radius 3 is 2.56 bits per heavy atom. The topological polar surface area (TPSA) is 33.7 Å². The van der Waals surface area contributed by atoms with Crippen LogP contribution in [0.3, 0.4) is 0 Å². The monoisotopic (exact) mass is 230 g/mol. The molecule has 4 nitrogen and oxygen atoms in total. The van der Waals surface area contributed by atoms with Crippen LogP contribution in [-0.4, -0.2) is 56.6 Å². The molecule has 1 heterocycles. The predicted octanol–water partition coefficient (Wildman–Crippen LogP) is 1.07. The zero-order valence-corrected chi connectivity index (χ0v) is 10.9. The fraction of sp³-hybridized carbons (Fsp3) is 1.00. The first-order valence-electron chi connectivity index (χ1n) is 6.45. The predicted molar refractivity (Wildman–Crippen MR) is 65.6 cm³/mol. The maximum atomic E-state index is 5.54. The van der Waals surface area contributed by atoms with Gasteiger partial charge in [-0.25, -0.2) is 0 Å². The third-order valence-corrected chi connectivity index (χ3v) is 2.84. The molecule has 0 spiro atoms. The zero-order valence-electron chi connectivity index (χ0n) is 10.9. The minimum absolute atomic E-state index is 0.0276. The van der Waals surface area contributed by atoms with Crippen molar-refractivity contribution in [2.75, 3.05) is 39.4 Å². The van der Waals surface area contributed by atoms with Gasteiger partial charge in [0.05, 0.1) is 0 Å². The van der Waals surface area contributed by atoms with E-state index >= 15 is 0 Å². The Bertz CT molecular complexity index is 168. The number of piperazine rings is 1. The van der Waals surface area contributed by atoms with E-state index in [0.717, 1.165) is 45.8 Å². The summed E-state index contributed by atoms with van der Waals surface area (Å²) in [6.07, 6.45) is 0.939. The lowest BCUT2D eigenvalue weighted by Gasteiger charge is -2.32. The van der Waals surface area contributed by atoms with Crippen LogP contribution in [0.4, 0.5) is 0 Å². The molecule has 0 unspecified atom stereocenters. The highest BCUT2D eigenvalue weighted by Crippen LogP contribution is 2.05. The smallest absolute Gasteiger partial charge is 0.158 e. The molecule has 4 heteroatoms. The maximum absolute atomic E-state index is 5.54. The van der Waals surface area contributed by atoms with Gasteiger partial charge in [-0.15, -0.1) is 0 Å². The van der Waals surface area contributed by atoms with Crippen LogP contribution in [0.15, 0.2) is 0 Å². The van der Waals surface area contributed by atoms with Gasteiger partial charge >= 0.3 is 0 Å². The molecule has 1 aliphatic heterocycles. The van der Waals surface area contributed by atoms with Gasteiger partial charge in [0.15, 0.2) is 6.29 Å². The lowest BCUT2D eigenvalue weighted by molar-refractivity contribution is -0.142. The van der Waals surface area contributed by atoms with Gasteiger partial charge in [-0.3, -0.25) is 0 Å². The highest BCUT2D eigenvalue weighted by molar-refractivity contribution is 4.74. The molecular weight excluding hydrogens is 204 g/mol. The molecule has 1 rings (SSSR count). The van der Waals surface area contributed by atoms with Crippen molar-refractivity contribution in [1.29, 1.82) is 0 Å². The molecule has 0 aliphatic carbocycles. The first kappa shape index (κ1) is 13.9. The lowest BCUT2D eigenvalue weighted by Crippen LogP contribution is -2.49. The van der Waals surface area contributed by atoms with Crippen LogP contribution in [0.2, 0.25) is 0 Å². The summed E-state index contributed by atoms with van der Waals surface area (Å²) in [6.45, 7) is 12.1. The van der Waals surface area contributed by atoms with Crippen LogP contribution in [0.25, 0.3) is 0 Å². The van der Waals surface area contributed by atoms with Crippen LogP contribution < -0.4 is 5.32 Å². The Hall–Kier alpha value is -0.160. The fourth-order valence-corrected chi connectivity index (χ4v) is 2.09. The molecule has 1 N–H and O–H groups in total. The van der Waals surface area contributed by atoms with Crippen molar-refractivity contribution in [2.24, 2.45) is 0 Å². The highest BCUT2D eigenvalue weighted by atomic mass is 16.7. The summed E-state index contributed by atoms with van der Waals surface area (Å²) in [5.41, 5.74) is 0. The van der Waals surface area contributed by atoms with Gasteiger partial charge < -0.3 is 19.7 Å². The van der Waals surface area contributed by atoms with Crippen LogP contribution in [0.1, 0.15) is 27.2 Å². The van der Waals surface area contributed by atoms with Gasteiger partial charge in [0.25, 0.3) is 0 Å². The van der Waals surface area contributed by atoms with Gasteiger partial charge in [0.1, 0.15) is 0 Å². The number of nitrogens with one attached hydrogen (secondary N) is 1. The summed E-state index contributed by atoms with van der Waals surface area (Å²) in [4.78, 5) is 2.48. The standard InChI is InChI=1S/C12H26N2O2/c1-4-15-12(16-5-2)6-8-14-9-7-13-11(3)10-14/h11-13H,4-10H2,1-3H3/t11-/m1/s1. The second-order valence-electron chi connectivity index (χ2n) is 4.28. The first-order valence-corrected chi connectivity index (χ1v) is 6.45. The van der Waals surface area contributed by atoms with E-state index in [0.29, 0.717) is 6.04 Å². The largest absolute Gasteiger partial charge is 0.353 e. The summed E-state index contributed by atoms with van der Waals surface area (Å²) < 4.78 is 11.1. The number of ether oxygens (including phenoxy) is 2. The van der Waals surface area contributed by atoms with Crippen molar-refractivity contribution in [3.63, 3.8) is 0 Å². The molecule has 1 saturated heterocycles. The molecule has 0 aromatic carbocycles. The van der Waals surface area contributed by atoms with Gasteiger partial charge in [-0.1, -0.05) is 0 Å².